The quantitative estimate of drug-likeness (QED) is 0.879. The number of rotatable bonds is 4. The van der Waals surface area contributed by atoms with Crippen LogP contribution in [0.5, 0.6) is 0 Å². The van der Waals surface area contributed by atoms with E-state index in [1.54, 1.807) is 12.1 Å². The van der Waals surface area contributed by atoms with E-state index in [0.717, 1.165) is 23.8 Å². The van der Waals surface area contributed by atoms with Crippen molar-refractivity contribution in [3.8, 4) is 0 Å². The molecule has 26 heavy (non-hydrogen) atoms. The second kappa shape index (κ2) is 7.61. The van der Waals surface area contributed by atoms with Crippen molar-refractivity contribution in [3.05, 3.63) is 65.2 Å². The van der Waals surface area contributed by atoms with Gasteiger partial charge in [0.1, 0.15) is 18.2 Å². The van der Waals surface area contributed by atoms with Crippen LogP contribution in [-0.4, -0.2) is 29.3 Å². The third-order valence-electron chi connectivity index (χ3n) is 4.27. The first-order valence-corrected chi connectivity index (χ1v) is 8.27. The van der Waals surface area contributed by atoms with Gasteiger partial charge in [-0.2, -0.15) is 0 Å². The van der Waals surface area contributed by atoms with Crippen LogP contribution >= 0.6 is 0 Å². The molecule has 3 N–H and O–H groups in total. The van der Waals surface area contributed by atoms with Gasteiger partial charge in [0.05, 0.1) is 0 Å². The Morgan fingerprint density at radius 2 is 1.96 bits per heavy atom. The lowest BCUT2D eigenvalue weighted by Gasteiger charge is -2.22. The molecule has 7 heteroatoms. The topological polar surface area (TPSA) is 75.4 Å². The summed E-state index contributed by atoms with van der Waals surface area (Å²) < 4.78 is 27.0. The fraction of sp³-hybridized carbons (Fsp3) is 0.263. The fourth-order valence-electron chi connectivity index (χ4n) is 2.99. The molecule has 136 valence electrons. The Kier molecular flexibility index (Phi) is 5.27. The summed E-state index contributed by atoms with van der Waals surface area (Å²) in [5, 5.41) is 2.76. The van der Waals surface area contributed by atoms with Crippen molar-refractivity contribution in [3.63, 3.8) is 0 Å². The van der Waals surface area contributed by atoms with Crippen molar-refractivity contribution >= 4 is 17.5 Å². The first-order valence-electron chi connectivity index (χ1n) is 8.27. The molecule has 0 spiro atoms. The molecule has 1 aliphatic rings. The standard InChI is InChI=1S/C19H19F2N3O2/c20-14-5-6-16(21)13(7-14)8-15(22)9-19(26)24-10-12-3-1-2-4-17(12)23-18(25)11-24/h1-7,15H,8-11,22H2,(H,23,25)/t15-/m1/s1. The molecule has 0 saturated heterocycles. The molecule has 0 saturated carbocycles. The predicted molar refractivity (Wildman–Crippen MR) is 93.1 cm³/mol. The van der Waals surface area contributed by atoms with E-state index >= 15 is 0 Å². The van der Waals surface area contributed by atoms with E-state index in [1.807, 2.05) is 12.1 Å². The third-order valence-corrected chi connectivity index (χ3v) is 4.27. The Labute approximate surface area is 149 Å². The summed E-state index contributed by atoms with van der Waals surface area (Å²) >= 11 is 0. The molecular formula is C19H19F2N3O2. The molecule has 2 amide bonds. The van der Waals surface area contributed by atoms with Crippen LogP contribution in [0.2, 0.25) is 0 Å². The highest BCUT2D eigenvalue weighted by Crippen LogP contribution is 2.21. The van der Waals surface area contributed by atoms with Gasteiger partial charge in [-0.15, -0.1) is 0 Å². The zero-order valence-electron chi connectivity index (χ0n) is 14.0. The van der Waals surface area contributed by atoms with E-state index in [4.69, 9.17) is 5.73 Å². The molecule has 0 bridgehead atoms. The molecule has 0 aliphatic carbocycles. The molecule has 1 aliphatic heterocycles. The zero-order chi connectivity index (χ0) is 18.7. The molecule has 2 aromatic carbocycles. The number of amides is 2. The normalized spacial score (nSPS) is 15.0. The van der Waals surface area contributed by atoms with Crippen LogP contribution in [0.1, 0.15) is 17.5 Å². The minimum absolute atomic E-state index is 0.0337. The van der Waals surface area contributed by atoms with Gasteiger partial charge in [0.2, 0.25) is 11.8 Å². The zero-order valence-corrected chi connectivity index (χ0v) is 14.0. The van der Waals surface area contributed by atoms with Crippen molar-refractivity contribution in [2.45, 2.75) is 25.4 Å². The molecule has 2 aromatic rings. The number of halogens is 2. The number of para-hydroxylation sites is 1. The number of nitrogens with zero attached hydrogens (tertiary/aromatic N) is 1. The van der Waals surface area contributed by atoms with Crippen LogP contribution in [0.15, 0.2) is 42.5 Å². The SMILES string of the molecule is N[C@@H](CC(=O)N1CC(=O)Nc2ccccc2C1)Cc1cc(F)ccc1F. The lowest BCUT2D eigenvalue weighted by atomic mass is 10.0. The molecular weight excluding hydrogens is 340 g/mol. The van der Waals surface area contributed by atoms with E-state index in [2.05, 4.69) is 5.32 Å². The third kappa shape index (κ3) is 4.23. The minimum Gasteiger partial charge on any atom is -0.329 e. The maximum absolute atomic E-state index is 13.7. The highest BCUT2D eigenvalue weighted by Gasteiger charge is 2.24. The van der Waals surface area contributed by atoms with Crippen LogP contribution in [0.25, 0.3) is 0 Å². The Bertz CT molecular complexity index is 841. The lowest BCUT2D eigenvalue weighted by Crippen LogP contribution is -2.39. The smallest absolute Gasteiger partial charge is 0.244 e. The summed E-state index contributed by atoms with van der Waals surface area (Å²) in [7, 11) is 0. The van der Waals surface area contributed by atoms with Crippen LogP contribution < -0.4 is 11.1 Å². The Hall–Kier alpha value is -2.80. The van der Waals surface area contributed by atoms with Crippen LogP contribution in [0, 0.1) is 11.6 Å². The highest BCUT2D eigenvalue weighted by molar-refractivity contribution is 5.96. The van der Waals surface area contributed by atoms with Gasteiger partial charge in [-0.05, 0) is 41.8 Å². The average Bonchev–Trinajstić information content (AvgIpc) is 2.76. The molecule has 1 heterocycles. The Morgan fingerprint density at radius 3 is 2.77 bits per heavy atom. The fourth-order valence-corrected chi connectivity index (χ4v) is 2.99. The molecule has 0 radical (unpaired) electrons. The van der Waals surface area contributed by atoms with Gasteiger partial charge in [0.25, 0.3) is 0 Å². The highest BCUT2D eigenvalue weighted by atomic mass is 19.1. The van der Waals surface area contributed by atoms with Gasteiger partial charge in [-0.25, -0.2) is 8.78 Å². The number of nitrogens with two attached hydrogens (primary N) is 1. The summed E-state index contributed by atoms with van der Waals surface area (Å²) in [5.74, 6) is -1.70. The number of fused-ring (bicyclic) bond motifs is 1. The Balaban J connectivity index is 1.67. The van der Waals surface area contributed by atoms with Crippen molar-refractivity contribution < 1.29 is 18.4 Å². The van der Waals surface area contributed by atoms with Crippen LogP contribution in [-0.2, 0) is 22.6 Å². The van der Waals surface area contributed by atoms with E-state index in [1.165, 1.54) is 4.90 Å². The van der Waals surface area contributed by atoms with Gasteiger partial charge >= 0.3 is 0 Å². The number of anilines is 1. The van der Waals surface area contributed by atoms with Gasteiger partial charge in [0.15, 0.2) is 0 Å². The second-order valence-electron chi connectivity index (χ2n) is 6.36. The van der Waals surface area contributed by atoms with Gasteiger partial charge in [-0.1, -0.05) is 18.2 Å². The van der Waals surface area contributed by atoms with Crippen molar-refractivity contribution in [1.82, 2.24) is 4.90 Å². The number of nitrogens with one attached hydrogen (secondary N) is 1. The summed E-state index contributed by atoms with van der Waals surface area (Å²) in [6, 6.07) is 9.72. The Morgan fingerprint density at radius 1 is 1.19 bits per heavy atom. The minimum atomic E-state index is -0.680. The average molecular weight is 359 g/mol. The van der Waals surface area contributed by atoms with Gasteiger partial charge in [-0.3, -0.25) is 9.59 Å². The number of carbonyl (C=O) groups excluding carboxylic acids is 2. The van der Waals surface area contributed by atoms with Gasteiger partial charge < -0.3 is 16.0 Å². The first-order chi connectivity index (χ1) is 12.4. The molecule has 1 atom stereocenters. The molecule has 0 unspecified atom stereocenters. The number of hydrogen-bond donors (Lipinski definition) is 2. The van der Waals surface area contributed by atoms with Gasteiger partial charge in [0, 0.05) is 24.7 Å². The summed E-state index contributed by atoms with van der Waals surface area (Å²) in [6.07, 6.45) is -0.0304. The maximum atomic E-state index is 13.7. The summed E-state index contributed by atoms with van der Waals surface area (Å²) in [6.45, 7) is 0.212. The number of carbonyl (C=O) groups is 2. The van der Waals surface area contributed by atoms with E-state index in [-0.39, 0.29) is 43.3 Å². The van der Waals surface area contributed by atoms with Crippen LogP contribution in [0.3, 0.4) is 0 Å². The van der Waals surface area contributed by atoms with E-state index in [9.17, 15) is 18.4 Å². The molecule has 5 nitrogen and oxygen atoms in total. The number of hydrogen-bond acceptors (Lipinski definition) is 3. The van der Waals surface area contributed by atoms with Crippen LogP contribution in [0.4, 0.5) is 14.5 Å². The van der Waals surface area contributed by atoms with Crippen molar-refractivity contribution in [1.29, 1.82) is 0 Å². The summed E-state index contributed by atoms with van der Waals surface area (Å²) in [5.41, 5.74) is 7.60. The summed E-state index contributed by atoms with van der Waals surface area (Å²) in [4.78, 5) is 26.0. The van der Waals surface area contributed by atoms with Crippen molar-refractivity contribution in [2.75, 3.05) is 11.9 Å². The first kappa shape index (κ1) is 18.0. The molecule has 3 rings (SSSR count). The predicted octanol–water partition coefficient (Wildman–Crippen LogP) is 2.21. The number of benzene rings is 2. The second-order valence-corrected chi connectivity index (χ2v) is 6.36. The molecule has 0 fully saturated rings. The van der Waals surface area contributed by atoms with Crippen molar-refractivity contribution in [2.24, 2.45) is 5.73 Å². The van der Waals surface area contributed by atoms with E-state index in [0.29, 0.717) is 5.69 Å². The lowest BCUT2D eigenvalue weighted by molar-refractivity contribution is -0.135. The molecule has 0 aromatic heterocycles. The monoisotopic (exact) mass is 359 g/mol. The van der Waals surface area contributed by atoms with E-state index < -0.39 is 17.7 Å². The maximum Gasteiger partial charge on any atom is 0.244 e. The largest absolute Gasteiger partial charge is 0.329 e.